The van der Waals surface area contributed by atoms with E-state index in [1.165, 1.54) is 5.56 Å². The van der Waals surface area contributed by atoms with E-state index in [1.54, 1.807) is 28.8 Å². The van der Waals surface area contributed by atoms with Gasteiger partial charge in [0.1, 0.15) is 6.04 Å². The normalized spacial score (nSPS) is 14.3. The fraction of sp³-hybridized carbons (Fsp3) is 0.355. The minimum atomic E-state index is -0.642. The molecule has 7 heteroatoms. The number of carbonyl (C=O) groups excluding carboxylic acids is 2. The van der Waals surface area contributed by atoms with Gasteiger partial charge in [0, 0.05) is 47.0 Å². The summed E-state index contributed by atoms with van der Waals surface area (Å²) >= 11 is 14.4. The van der Waals surface area contributed by atoms with Gasteiger partial charge in [-0.05, 0) is 41.7 Å². The zero-order valence-corrected chi connectivity index (χ0v) is 23.8. The first-order valence-electron chi connectivity index (χ1n) is 13.2. The number of hydrogen-bond donors (Lipinski definition) is 1. The summed E-state index contributed by atoms with van der Waals surface area (Å²) in [4.78, 5) is 29.2. The molecular formula is C31H34Cl2N2O2S. The van der Waals surface area contributed by atoms with Gasteiger partial charge in [-0.1, -0.05) is 103 Å². The molecule has 1 aliphatic rings. The van der Waals surface area contributed by atoms with Gasteiger partial charge in [-0.15, -0.1) is 0 Å². The maximum absolute atomic E-state index is 13.8. The molecule has 0 unspecified atom stereocenters. The van der Waals surface area contributed by atoms with E-state index in [2.05, 4.69) is 17.4 Å². The number of nitrogens with zero attached hydrogens (tertiary/aromatic N) is 1. The number of hydrogen-bond acceptors (Lipinski definition) is 3. The summed E-state index contributed by atoms with van der Waals surface area (Å²) in [6.45, 7) is 0.244. The third-order valence-corrected chi connectivity index (χ3v) is 8.52. The van der Waals surface area contributed by atoms with Gasteiger partial charge in [0.15, 0.2) is 0 Å². The van der Waals surface area contributed by atoms with Crippen molar-refractivity contribution >= 4 is 46.8 Å². The average molecular weight is 570 g/mol. The molecule has 0 aromatic heterocycles. The molecule has 1 aliphatic carbocycles. The van der Waals surface area contributed by atoms with Crippen molar-refractivity contribution in [3.05, 3.63) is 106 Å². The van der Waals surface area contributed by atoms with E-state index < -0.39 is 6.04 Å². The van der Waals surface area contributed by atoms with Crippen molar-refractivity contribution in [2.75, 3.05) is 5.75 Å². The van der Waals surface area contributed by atoms with Gasteiger partial charge in [0.2, 0.25) is 11.8 Å². The van der Waals surface area contributed by atoms with Crippen LogP contribution in [0.3, 0.4) is 0 Å². The van der Waals surface area contributed by atoms with Crippen molar-refractivity contribution in [1.29, 1.82) is 0 Å². The lowest BCUT2D eigenvalue weighted by molar-refractivity contribution is -0.141. The molecule has 1 fully saturated rings. The van der Waals surface area contributed by atoms with Crippen molar-refractivity contribution in [3.63, 3.8) is 0 Å². The molecule has 2 amide bonds. The molecule has 38 heavy (non-hydrogen) atoms. The van der Waals surface area contributed by atoms with Gasteiger partial charge in [0.25, 0.3) is 0 Å². The maximum Gasteiger partial charge on any atom is 0.243 e. The number of benzene rings is 3. The van der Waals surface area contributed by atoms with Gasteiger partial charge in [-0.3, -0.25) is 9.59 Å². The van der Waals surface area contributed by atoms with E-state index in [0.717, 1.165) is 42.6 Å². The van der Waals surface area contributed by atoms with Crippen LogP contribution < -0.4 is 5.32 Å². The number of nitrogens with one attached hydrogen (secondary N) is 1. The Labute approximate surface area is 240 Å². The van der Waals surface area contributed by atoms with Crippen LogP contribution in [0.5, 0.6) is 0 Å². The van der Waals surface area contributed by atoms with Crippen LogP contribution in [0.4, 0.5) is 0 Å². The van der Waals surface area contributed by atoms with Gasteiger partial charge in [0.05, 0.1) is 0 Å². The predicted octanol–water partition coefficient (Wildman–Crippen LogP) is 7.32. The van der Waals surface area contributed by atoms with E-state index in [9.17, 15) is 9.59 Å². The van der Waals surface area contributed by atoms with Crippen LogP contribution in [0.2, 0.25) is 10.0 Å². The summed E-state index contributed by atoms with van der Waals surface area (Å²) in [6, 6.07) is 24.9. The van der Waals surface area contributed by atoms with Crippen LogP contribution >= 0.6 is 35.0 Å². The Morgan fingerprint density at radius 2 is 1.58 bits per heavy atom. The van der Waals surface area contributed by atoms with E-state index in [0.29, 0.717) is 28.6 Å². The zero-order valence-electron chi connectivity index (χ0n) is 21.5. The molecule has 0 spiro atoms. The largest absolute Gasteiger partial charge is 0.352 e. The molecule has 0 radical (unpaired) electrons. The van der Waals surface area contributed by atoms with Crippen LogP contribution in [0.1, 0.15) is 48.8 Å². The minimum absolute atomic E-state index is 0.0564. The highest BCUT2D eigenvalue weighted by Crippen LogP contribution is 2.25. The molecule has 4 rings (SSSR count). The van der Waals surface area contributed by atoms with Crippen LogP contribution in [0, 0.1) is 0 Å². The van der Waals surface area contributed by atoms with Crippen LogP contribution in [0.25, 0.3) is 0 Å². The first-order valence-corrected chi connectivity index (χ1v) is 15.1. The summed E-state index contributed by atoms with van der Waals surface area (Å²) in [5.74, 6) is 1.35. The zero-order chi connectivity index (χ0) is 26.7. The van der Waals surface area contributed by atoms with Crippen LogP contribution in [-0.2, 0) is 28.3 Å². The molecule has 200 valence electrons. The number of carbonyl (C=O) groups is 2. The Hall–Kier alpha value is -2.47. The molecule has 0 saturated heterocycles. The van der Waals surface area contributed by atoms with Crippen molar-refractivity contribution < 1.29 is 9.59 Å². The summed E-state index contributed by atoms with van der Waals surface area (Å²) in [5.41, 5.74) is 3.01. The standard InChI is InChI=1S/C31H34Cl2N2O2S/c32-26-16-15-25(28(33)20-26)21-35(30(36)17-18-38-22-24-11-5-2-6-12-24)29(19-23-9-3-1-4-10-23)31(37)34-27-13-7-8-14-27/h1-6,9-12,15-16,20,27,29H,7-8,13-14,17-19,21-22H2,(H,34,37)/t29-/m0/s1. The van der Waals surface area contributed by atoms with Gasteiger partial charge < -0.3 is 10.2 Å². The maximum atomic E-state index is 13.8. The molecule has 0 heterocycles. The molecule has 3 aromatic rings. The summed E-state index contributed by atoms with van der Waals surface area (Å²) in [6.07, 6.45) is 4.98. The molecule has 1 saturated carbocycles. The Morgan fingerprint density at radius 1 is 0.921 bits per heavy atom. The summed E-state index contributed by atoms with van der Waals surface area (Å²) in [5, 5.41) is 4.27. The first-order chi connectivity index (χ1) is 18.5. The van der Waals surface area contributed by atoms with Crippen LogP contribution in [0.15, 0.2) is 78.9 Å². The summed E-state index contributed by atoms with van der Waals surface area (Å²) in [7, 11) is 0. The van der Waals surface area contributed by atoms with Crippen molar-refractivity contribution in [2.24, 2.45) is 0 Å². The lowest BCUT2D eigenvalue weighted by Gasteiger charge is -2.32. The SMILES string of the molecule is O=C(NC1CCCC1)[C@H](Cc1ccccc1)N(Cc1ccc(Cl)cc1Cl)C(=O)CCSCc1ccccc1. The lowest BCUT2D eigenvalue weighted by atomic mass is 10.0. The highest BCUT2D eigenvalue weighted by Gasteiger charge is 2.32. The van der Waals surface area contributed by atoms with E-state index in [4.69, 9.17) is 23.2 Å². The van der Waals surface area contributed by atoms with E-state index in [-0.39, 0.29) is 24.4 Å². The Morgan fingerprint density at radius 3 is 2.24 bits per heavy atom. The second-order valence-corrected chi connectivity index (χ2v) is 11.7. The van der Waals surface area contributed by atoms with Crippen molar-refractivity contribution in [1.82, 2.24) is 10.2 Å². The third kappa shape index (κ3) is 8.52. The molecule has 3 aromatic carbocycles. The smallest absolute Gasteiger partial charge is 0.243 e. The quantitative estimate of drug-likeness (QED) is 0.233. The fourth-order valence-corrected chi connectivity index (χ4v) is 6.18. The number of amides is 2. The number of rotatable bonds is 12. The molecular weight excluding hydrogens is 535 g/mol. The van der Waals surface area contributed by atoms with Gasteiger partial charge in [-0.25, -0.2) is 0 Å². The average Bonchev–Trinajstić information content (AvgIpc) is 3.44. The van der Waals surface area contributed by atoms with E-state index >= 15 is 0 Å². The highest BCUT2D eigenvalue weighted by molar-refractivity contribution is 7.98. The fourth-order valence-electron chi connectivity index (χ4n) is 4.82. The monoisotopic (exact) mass is 568 g/mol. The van der Waals surface area contributed by atoms with Gasteiger partial charge >= 0.3 is 0 Å². The molecule has 1 atom stereocenters. The Kier molecular flexibility index (Phi) is 11.0. The topological polar surface area (TPSA) is 49.4 Å². The van der Waals surface area contributed by atoms with E-state index in [1.807, 2.05) is 54.6 Å². The molecule has 0 aliphatic heterocycles. The summed E-state index contributed by atoms with van der Waals surface area (Å²) < 4.78 is 0. The second-order valence-electron chi connectivity index (χ2n) is 9.74. The second kappa shape index (κ2) is 14.6. The molecule has 4 nitrogen and oxygen atoms in total. The lowest BCUT2D eigenvalue weighted by Crippen LogP contribution is -2.52. The molecule has 1 N–H and O–H groups in total. The van der Waals surface area contributed by atoms with Gasteiger partial charge in [-0.2, -0.15) is 11.8 Å². The van der Waals surface area contributed by atoms with Crippen molar-refractivity contribution in [2.45, 2.75) is 62.9 Å². The Balaban J connectivity index is 1.55. The number of thioether (sulfide) groups is 1. The predicted molar refractivity (Wildman–Crippen MR) is 159 cm³/mol. The Bertz CT molecular complexity index is 1190. The third-order valence-electron chi connectivity index (χ3n) is 6.90. The number of halogens is 2. The highest BCUT2D eigenvalue weighted by atomic mass is 35.5. The van der Waals surface area contributed by atoms with Crippen LogP contribution in [-0.4, -0.2) is 34.6 Å². The van der Waals surface area contributed by atoms with Crippen molar-refractivity contribution in [3.8, 4) is 0 Å². The minimum Gasteiger partial charge on any atom is -0.352 e. The first kappa shape index (κ1) is 28.5. The molecule has 0 bridgehead atoms.